The van der Waals surface area contributed by atoms with Gasteiger partial charge in [0.25, 0.3) is 0 Å². The molecule has 94 valence electrons. The fourth-order valence-corrected chi connectivity index (χ4v) is 2.02. The third-order valence-corrected chi connectivity index (χ3v) is 3.10. The number of rotatable bonds is 6. The van der Waals surface area contributed by atoms with Gasteiger partial charge in [-0.2, -0.15) is 0 Å². The zero-order valence-corrected chi connectivity index (χ0v) is 10.3. The highest BCUT2D eigenvalue weighted by molar-refractivity contribution is 5.73. The van der Waals surface area contributed by atoms with E-state index >= 15 is 0 Å². The summed E-state index contributed by atoms with van der Waals surface area (Å²) in [5.74, 6) is -0.750. The van der Waals surface area contributed by atoms with Crippen LogP contribution in [-0.4, -0.2) is 72.7 Å². The third-order valence-electron chi connectivity index (χ3n) is 3.10. The van der Waals surface area contributed by atoms with Gasteiger partial charge in [0, 0.05) is 32.7 Å². The SMILES string of the molecule is CCNC(CN1CCN(CC)CC1)C(=O)O. The molecule has 0 saturated carbocycles. The molecule has 1 heterocycles. The van der Waals surface area contributed by atoms with Gasteiger partial charge >= 0.3 is 5.97 Å². The molecule has 1 atom stereocenters. The number of piperazine rings is 1. The van der Waals surface area contributed by atoms with E-state index in [1.54, 1.807) is 0 Å². The molecule has 16 heavy (non-hydrogen) atoms. The first-order chi connectivity index (χ1) is 7.67. The monoisotopic (exact) mass is 229 g/mol. The second kappa shape index (κ2) is 6.83. The van der Waals surface area contributed by atoms with Gasteiger partial charge in [0.1, 0.15) is 6.04 Å². The smallest absolute Gasteiger partial charge is 0.322 e. The van der Waals surface area contributed by atoms with E-state index in [2.05, 4.69) is 22.0 Å². The molecule has 0 spiro atoms. The van der Waals surface area contributed by atoms with Crippen molar-refractivity contribution in [2.45, 2.75) is 19.9 Å². The lowest BCUT2D eigenvalue weighted by Gasteiger charge is -2.35. The molecule has 0 amide bonds. The zero-order valence-electron chi connectivity index (χ0n) is 10.3. The zero-order chi connectivity index (χ0) is 12.0. The Kier molecular flexibility index (Phi) is 5.73. The quantitative estimate of drug-likeness (QED) is 0.654. The van der Waals surface area contributed by atoms with Crippen LogP contribution in [0.5, 0.6) is 0 Å². The van der Waals surface area contributed by atoms with Crippen LogP contribution in [-0.2, 0) is 4.79 Å². The Bertz CT molecular complexity index is 215. The van der Waals surface area contributed by atoms with Gasteiger partial charge in [-0.25, -0.2) is 0 Å². The summed E-state index contributed by atoms with van der Waals surface area (Å²) in [6.07, 6.45) is 0. The Morgan fingerprint density at radius 2 is 1.81 bits per heavy atom. The highest BCUT2D eigenvalue weighted by Crippen LogP contribution is 2.02. The Morgan fingerprint density at radius 3 is 2.25 bits per heavy atom. The third kappa shape index (κ3) is 4.08. The average Bonchev–Trinajstić information content (AvgIpc) is 2.29. The van der Waals surface area contributed by atoms with Gasteiger partial charge in [-0.1, -0.05) is 13.8 Å². The maximum absolute atomic E-state index is 11.0. The first kappa shape index (κ1) is 13.4. The highest BCUT2D eigenvalue weighted by Gasteiger charge is 2.22. The standard InChI is InChI=1S/C11H23N3O2/c1-3-12-10(11(15)16)9-14-7-5-13(4-2)6-8-14/h10,12H,3-9H2,1-2H3,(H,15,16). The first-order valence-corrected chi connectivity index (χ1v) is 6.08. The molecule has 0 aromatic carbocycles. The summed E-state index contributed by atoms with van der Waals surface area (Å²) in [7, 11) is 0. The lowest BCUT2D eigenvalue weighted by molar-refractivity contribution is -0.140. The molecule has 1 saturated heterocycles. The lowest BCUT2D eigenvalue weighted by Crippen LogP contribution is -2.52. The molecule has 0 aromatic heterocycles. The van der Waals surface area contributed by atoms with Gasteiger partial charge in [0.05, 0.1) is 0 Å². The summed E-state index contributed by atoms with van der Waals surface area (Å²) in [6, 6.07) is -0.432. The van der Waals surface area contributed by atoms with Crippen molar-refractivity contribution in [3.05, 3.63) is 0 Å². The molecule has 0 aliphatic carbocycles. The van der Waals surface area contributed by atoms with E-state index < -0.39 is 12.0 Å². The van der Waals surface area contributed by atoms with Crippen LogP contribution in [0.4, 0.5) is 0 Å². The van der Waals surface area contributed by atoms with Crippen LogP contribution in [0.2, 0.25) is 0 Å². The van der Waals surface area contributed by atoms with Crippen molar-refractivity contribution in [2.24, 2.45) is 0 Å². The Morgan fingerprint density at radius 1 is 1.25 bits per heavy atom. The number of nitrogens with one attached hydrogen (secondary N) is 1. The second-order valence-electron chi connectivity index (χ2n) is 4.18. The van der Waals surface area contributed by atoms with Crippen LogP contribution in [0, 0.1) is 0 Å². The minimum Gasteiger partial charge on any atom is -0.480 e. The van der Waals surface area contributed by atoms with E-state index in [4.69, 9.17) is 5.11 Å². The number of carboxylic acids is 1. The van der Waals surface area contributed by atoms with E-state index in [1.807, 2.05) is 6.92 Å². The molecule has 0 aromatic rings. The molecule has 0 bridgehead atoms. The molecule has 1 rings (SSSR count). The van der Waals surface area contributed by atoms with Crippen molar-refractivity contribution < 1.29 is 9.90 Å². The predicted octanol–water partition coefficient (Wildman–Crippen LogP) is -0.313. The van der Waals surface area contributed by atoms with E-state index in [0.29, 0.717) is 13.1 Å². The summed E-state index contributed by atoms with van der Waals surface area (Å²) in [6.45, 7) is 10.5. The average molecular weight is 229 g/mol. The van der Waals surface area contributed by atoms with Crippen LogP contribution >= 0.6 is 0 Å². The fraction of sp³-hybridized carbons (Fsp3) is 0.909. The number of likely N-dealkylation sites (N-methyl/N-ethyl adjacent to an activating group) is 2. The van der Waals surface area contributed by atoms with E-state index in [-0.39, 0.29) is 0 Å². The maximum atomic E-state index is 11.0. The van der Waals surface area contributed by atoms with Gasteiger partial charge in [-0.15, -0.1) is 0 Å². The summed E-state index contributed by atoms with van der Waals surface area (Å²) in [5.41, 5.74) is 0. The molecule has 1 aliphatic heterocycles. The van der Waals surface area contributed by atoms with Crippen LogP contribution in [0.15, 0.2) is 0 Å². The Hall–Kier alpha value is -0.650. The van der Waals surface area contributed by atoms with Crippen LogP contribution < -0.4 is 5.32 Å². The minimum absolute atomic E-state index is 0.432. The summed E-state index contributed by atoms with van der Waals surface area (Å²) in [4.78, 5) is 15.6. The topological polar surface area (TPSA) is 55.8 Å². The summed E-state index contributed by atoms with van der Waals surface area (Å²) in [5, 5.41) is 12.0. The molecule has 1 fully saturated rings. The molecule has 5 heteroatoms. The molecule has 0 radical (unpaired) electrons. The summed E-state index contributed by atoms with van der Waals surface area (Å²) >= 11 is 0. The van der Waals surface area contributed by atoms with Crippen LogP contribution in [0.3, 0.4) is 0 Å². The van der Waals surface area contributed by atoms with Gasteiger partial charge in [0.15, 0.2) is 0 Å². The maximum Gasteiger partial charge on any atom is 0.322 e. The van der Waals surface area contributed by atoms with Gasteiger partial charge < -0.3 is 15.3 Å². The lowest BCUT2D eigenvalue weighted by atomic mass is 10.2. The Labute approximate surface area is 97.4 Å². The fourth-order valence-electron chi connectivity index (χ4n) is 2.02. The number of nitrogens with zero attached hydrogens (tertiary/aromatic N) is 2. The highest BCUT2D eigenvalue weighted by atomic mass is 16.4. The molecular formula is C11H23N3O2. The normalized spacial score (nSPS) is 20.9. The summed E-state index contributed by atoms with van der Waals surface area (Å²) < 4.78 is 0. The predicted molar refractivity (Wildman–Crippen MR) is 63.7 cm³/mol. The van der Waals surface area contributed by atoms with Gasteiger partial charge in [0.2, 0.25) is 0 Å². The molecule has 2 N–H and O–H groups in total. The molecule has 1 unspecified atom stereocenters. The van der Waals surface area contributed by atoms with Crippen molar-refractivity contribution in [1.82, 2.24) is 15.1 Å². The van der Waals surface area contributed by atoms with Crippen molar-refractivity contribution in [3.8, 4) is 0 Å². The van der Waals surface area contributed by atoms with Gasteiger partial charge in [-0.3, -0.25) is 9.69 Å². The molecular weight excluding hydrogens is 206 g/mol. The second-order valence-corrected chi connectivity index (χ2v) is 4.18. The van der Waals surface area contributed by atoms with E-state index in [0.717, 1.165) is 32.7 Å². The number of aliphatic carboxylic acids is 1. The van der Waals surface area contributed by atoms with Gasteiger partial charge in [-0.05, 0) is 13.1 Å². The Balaban J connectivity index is 2.33. The van der Waals surface area contributed by atoms with E-state index in [9.17, 15) is 4.79 Å². The van der Waals surface area contributed by atoms with Crippen LogP contribution in [0.1, 0.15) is 13.8 Å². The number of hydrogen-bond donors (Lipinski definition) is 2. The van der Waals surface area contributed by atoms with Crippen molar-refractivity contribution in [1.29, 1.82) is 0 Å². The first-order valence-electron chi connectivity index (χ1n) is 6.08. The van der Waals surface area contributed by atoms with Crippen molar-refractivity contribution in [2.75, 3.05) is 45.8 Å². The van der Waals surface area contributed by atoms with Crippen LogP contribution in [0.25, 0.3) is 0 Å². The molecule has 5 nitrogen and oxygen atoms in total. The molecule has 1 aliphatic rings. The largest absolute Gasteiger partial charge is 0.480 e. The minimum atomic E-state index is -0.750. The number of carboxylic acid groups (broad SMARTS) is 1. The number of hydrogen-bond acceptors (Lipinski definition) is 4. The van der Waals surface area contributed by atoms with E-state index in [1.165, 1.54) is 0 Å². The number of carbonyl (C=O) groups is 1. The van der Waals surface area contributed by atoms with Crippen molar-refractivity contribution >= 4 is 5.97 Å². The van der Waals surface area contributed by atoms with Crippen molar-refractivity contribution in [3.63, 3.8) is 0 Å².